The molecule has 6 aromatic rings. The Morgan fingerprint density at radius 3 is 1.39 bits per heavy atom. The van der Waals surface area contributed by atoms with E-state index in [-0.39, 0.29) is 35.8 Å². The van der Waals surface area contributed by atoms with E-state index in [2.05, 4.69) is 10.6 Å². The topological polar surface area (TPSA) is 151 Å². The Morgan fingerprint density at radius 1 is 0.607 bits per heavy atom. The number of benzene rings is 6. The van der Waals surface area contributed by atoms with Crippen molar-refractivity contribution in [2.75, 3.05) is 10.6 Å². The van der Waals surface area contributed by atoms with Gasteiger partial charge in [-0.2, -0.15) is 8.78 Å². The van der Waals surface area contributed by atoms with Gasteiger partial charge in [-0.05, 0) is 90.8 Å². The van der Waals surface area contributed by atoms with Gasteiger partial charge in [0.05, 0.1) is 21.2 Å². The van der Waals surface area contributed by atoms with Crippen molar-refractivity contribution in [3.63, 3.8) is 0 Å². The molecule has 0 saturated carbocycles. The largest absolute Gasteiger partial charge is 0.503 e. The first-order chi connectivity index (χ1) is 26.7. The summed E-state index contributed by atoms with van der Waals surface area (Å²) >= 11 is 8.68. The summed E-state index contributed by atoms with van der Waals surface area (Å²) in [7, 11) is 0. The molecular formula is C39H29ClF4N4O6S2. The maximum absolute atomic E-state index is 13.5. The van der Waals surface area contributed by atoms with Crippen LogP contribution in [0.3, 0.4) is 0 Å². The first kappa shape index (κ1) is 41.2. The Bertz CT molecular complexity index is 2230. The minimum atomic E-state index is -1.36. The summed E-state index contributed by atoms with van der Waals surface area (Å²) < 4.78 is 53.4. The van der Waals surface area contributed by atoms with Crippen LogP contribution in [0.15, 0.2) is 129 Å². The highest BCUT2D eigenvalue weighted by Gasteiger charge is 2.17. The van der Waals surface area contributed by atoms with E-state index in [4.69, 9.17) is 11.6 Å². The smallest absolute Gasteiger partial charge is 0.269 e. The summed E-state index contributed by atoms with van der Waals surface area (Å²) in [6, 6.07) is 27.9. The lowest BCUT2D eigenvalue weighted by atomic mass is 10.2. The first-order valence-corrected chi connectivity index (χ1v) is 18.3. The molecule has 10 nitrogen and oxygen atoms in total. The molecule has 6 rings (SSSR count). The number of rotatable bonds is 12. The number of hydrogen-bond acceptors (Lipinski definition) is 10. The molecule has 0 amide bonds. The predicted molar refractivity (Wildman–Crippen MR) is 208 cm³/mol. The number of nitro benzene ring substituents is 2. The Kier molecular flexibility index (Phi) is 13.7. The fourth-order valence-electron chi connectivity index (χ4n) is 4.94. The summed E-state index contributed by atoms with van der Waals surface area (Å²) in [4.78, 5) is 24.5. The van der Waals surface area contributed by atoms with E-state index in [0.29, 0.717) is 16.1 Å². The molecule has 0 aliphatic heterocycles. The third-order valence-corrected chi connectivity index (χ3v) is 10.4. The van der Waals surface area contributed by atoms with Crippen molar-refractivity contribution in [1.82, 2.24) is 0 Å². The molecule has 17 heteroatoms. The van der Waals surface area contributed by atoms with Crippen molar-refractivity contribution >= 4 is 57.9 Å². The Balaban J connectivity index is 0.000000214. The standard InChI is InChI=1S/C20H16F2N2O3S.C19H13ClF2N2O3S/c1-12-2-5-15(6-3-12)28-18-9-4-14(24(26)27)10-13(18)11-23-17-8-7-16(21)19(22)20(17)25;20-12-1-4-14(5-2-12)28-17-8-3-13(24(26)27)9-11(17)10-23-16-7-6-15(21)18(22)19(16)25/h2-10,23,25H,11H2,1H3;1-9,23,25H,10H2. The van der Waals surface area contributed by atoms with Gasteiger partial charge >= 0.3 is 0 Å². The number of anilines is 2. The molecular weight excluding hydrogens is 796 g/mol. The van der Waals surface area contributed by atoms with Gasteiger partial charge in [0.15, 0.2) is 23.1 Å². The van der Waals surface area contributed by atoms with Crippen molar-refractivity contribution in [3.05, 3.63) is 174 Å². The van der Waals surface area contributed by atoms with Crippen LogP contribution in [0.4, 0.5) is 40.3 Å². The number of nitrogens with zero attached hydrogens (tertiary/aromatic N) is 2. The Labute approximate surface area is 330 Å². The molecule has 56 heavy (non-hydrogen) atoms. The lowest BCUT2D eigenvalue weighted by Crippen LogP contribution is -2.03. The highest BCUT2D eigenvalue weighted by Crippen LogP contribution is 2.36. The average Bonchev–Trinajstić information content (AvgIpc) is 3.18. The van der Waals surface area contributed by atoms with Crippen molar-refractivity contribution in [1.29, 1.82) is 0 Å². The van der Waals surface area contributed by atoms with Crippen LogP contribution in [0.1, 0.15) is 16.7 Å². The minimum Gasteiger partial charge on any atom is -0.503 e. The van der Waals surface area contributed by atoms with Crippen LogP contribution in [0.2, 0.25) is 5.02 Å². The summed E-state index contributed by atoms with van der Waals surface area (Å²) in [6.07, 6.45) is 0. The number of non-ortho nitro benzene ring substituents is 2. The van der Waals surface area contributed by atoms with Gasteiger partial charge in [0.25, 0.3) is 11.4 Å². The maximum atomic E-state index is 13.5. The molecule has 0 aromatic heterocycles. The zero-order valence-corrected chi connectivity index (χ0v) is 31.3. The molecule has 288 valence electrons. The quantitative estimate of drug-likeness (QED) is 0.0406. The number of halogens is 5. The first-order valence-electron chi connectivity index (χ1n) is 16.2. The molecule has 0 atom stereocenters. The SMILES string of the molecule is Cc1ccc(Sc2ccc([N+](=O)[O-])cc2CNc2ccc(F)c(F)c2O)cc1.O=[N+]([O-])c1ccc(Sc2ccc(Cl)cc2)c(CNc2ccc(F)c(F)c2O)c1. The number of hydrogen-bond donors (Lipinski definition) is 4. The number of nitro groups is 2. The van der Waals surface area contributed by atoms with Crippen LogP contribution in [-0.4, -0.2) is 20.1 Å². The highest BCUT2D eigenvalue weighted by atomic mass is 35.5. The van der Waals surface area contributed by atoms with E-state index in [1.165, 1.54) is 59.9 Å². The summed E-state index contributed by atoms with van der Waals surface area (Å²) in [5.74, 6) is -6.72. The third kappa shape index (κ3) is 10.6. The van der Waals surface area contributed by atoms with Gasteiger partial charge in [-0.15, -0.1) is 0 Å². The van der Waals surface area contributed by atoms with Crippen LogP contribution in [0.5, 0.6) is 11.5 Å². The fraction of sp³-hybridized carbons (Fsp3) is 0.0769. The van der Waals surface area contributed by atoms with Crippen molar-refractivity contribution in [2.45, 2.75) is 39.6 Å². The van der Waals surface area contributed by atoms with Crippen LogP contribution in [0, 0.1) is 50.4 Å². The summed E-state index contributed by atoms with van der Waals surface area (Å²) in [5, 5.41) is 47.9. The average molecular weight is 825 g/mol. The van der Waals surface area contributed by atoms with Gasteiger partial charge in [-0.1, -0.05) is 52.8 Å². The van der Waals surface area contributed by atoms with Crippen LogP contribution in [-0.2, 0) is 13.1 Å². The van der Waals surface area contributed by atoms with Crippen LogP contribution >= 0.6 is 35.1 Å². The van der Waals surface area contributed by atoms with Crippen molar-refractivity contribution in [2.24, 2.45) is 0 Å². The van der Waals surface area contributed by atoms with Gasteiger partial charge in [-0.3, -0.25) is 20.2 Å². The van der Waals surface area contributed by atoms with Crippen LogP contribution < -0.4 is 10.6 Å². The predicted octanol–water partition coefficient (Wildman–Crippen LogP) is 11.6. The highest BCUT2D eigenvalue weighted by molar-refractivity contribution is 7.99. The molecule has 0 heterocycles. The van der Waals surface area contributed by atoms with E-state index < -0.39 is 44.6 Å². The second-order valence-corrected chi connectivity index (χ2v) is 14.5. The van der Waals surface area contributed by atoms with E-state index in [0.717, 1.165) is 37.3 Å². The molecule has 0 saturated heterocycles. The Morgan fingerprint density at radius 2 is 1.00 bits per heavy atom. The maximum Gasteiger partial charge on any atom is 0.269 e. The van der Waals surface area contributed by atoms with E-state index in [1.807, 2.05) is 43.3 Å². The monoisotopic (exact) mass is 824 g/mol. The Hall–Kier alpha value is -5.97. The third-order valence-electron chi connectivity index (χ3n) is 7.88. The molecule has 0 spiro atoms. The lowest BCUT2D eigenvalue weighted by Gasteiger charge is -2.13. The van der Waals surface area contributed by atoms with Crippen molar-refractivity contribution in [3.8, 4) is 11.5 Å². The van der Waals surface area contributed by atoms with E-state index >= 15 is 0 Å². The number of aromatic hydroxyl groups is 2. The van der Waals surface area contributed by atoms with Gasteiger partial charge < -0.3 is 20.8 Å². The van der Waals surface area contributed by atoms with E-state index in [9.17, 15) is 48.0 Å². The molecule has 4 N–H and O–H groups in total. The van der Waals surface area contributed by atoms with Crippen LogP contribution in [0.25, 0.3) is 0 Å². The molecule has 0 unspecified atom stereocenters. The second-order valence-electron chi connectivity index (χ2n) is 11.8. The molecule has 0 aliphatic carbocycles. The minimum absolute atomic E-state index is 0.00306. The second kappa shape index (κ2) is 18.6. The van der Waals surface area contributed by atoms with Gasteiger partial charge in [0.1, 0.15) is 0 Å². The van der Waals surface area contributed by atoms with Crippen molar-refractivity contribution < 1.29 is 37.6 Å². The normalized spacial score (nSPS) is 10.7. The zero-order chi connectivity index (χ0) is 40.5. The number of phenolic OH excluding ortho intramolecular Hbond substituents is 2. The van der Waals surface area contributed by atoms with Gasteiger partial charge in [0.2, 0.25) is 11.6 Å². The molecule has 0 bridgehead atoms. The zero-order valence-electron chi connectivity index (χ0n) is 28.9. The number of nitrogens with one attached hydrogen (secondary N) is 2. The fourth-order valence-corrected chi connectivity index (χ4v) is 6.92. The molecule has 0 radical (unpaired) electrons. The number of phenols is 2. The van der Waals surface area contributed by atoms with Gasteiger partial charge in [-0.25, -0.2) is 8.78 Å². The molecule has 0 aliphatic rings. The van der Waals surface area contributed by atoms with E-state index in [1.54, 1.807) is 24.3 Å². The number of aryl methyl sites for hydroxylation is 1. The lowest BCUT2D eigenvalue weighted by molar-refractivity contribution is -0.385. The molecule has 6 aromatic carbocycles. The summed E-state index contributed by atoms with van der Waals surface area (Å²) in [5.41, 5.74) is 2.04. The van der Waals surface area contributed by atoms with Gasteiger partial charge in [0, 0.05) is 62.0 Å². The molecule has 0 fully saturated rings. The summed E-state index contributed by atoms with van der Waals surface area (Å²) in [6.45, 7) is 2.11.